The number of imide groups is 1. The molecule has 3 saturated carbocycles. The maximum absolute atomic E-state index is 12.4. The lowest BCUT2D eigenvalue weighted by Gasteiger charge is -2.59. The van der Waals surface area contributed by atoms with Crippen LogP contribution in [-0.2, 0) is 28.9 Å². The van der Waals surface area contributed by atoms with E-state index in [-0.39, 0.29) is 29.5 Å². The Balaban J connectivity index is 1.24. The minimum absolute atomic E-state index is 0.0427. The van der Waals surface area contributed by atoms with Crippen molar-refractivity contribution in [2.45, 2.75) is 90.6 Å². The van der Waals surface area contributed by atoms with Gasteiger partial charge in [-0.2, -0.15) is 0 Å². The van der Waals surface area contributed by atoms with Crippen molar-refractivity contribution in [2.24, 2.45) is 33.7 Å². The van der Waals surface area contributed by atoms with Crippen LogP contribution in [0.2, 0.25) is 0 Å². The monoisotopic (exact) mass is 500 g/mol. The number of Topliss-reactive ketones (excluding diaryl/α,β-unsaturated/α-hetero) is 1. The summed E-state index contributed by atoms with van der Waals surface area (Å²) < 4.78 is 0. The van der Waals surface area contributed by atoms with E-state index >= 15 is 0 Å². The van der Waals surface area contributed by atoms with Crippen LogP contribution in [0.4, 0.5) is 0 Å². The van der Waals surface area contributed by atoms with Crippen LogP contribution < -0.4 is 0 Å². The number of carbonyl (C=O) groups excluding carboxylic acids is 4. The Morgan fingerprint density at radius 1 is 1.03 bits per heavy atom. The number of nitrogens with zero attached hydrogens (tertiary/aromatic N) is 2. The van der Waals surface area contributed by atoms with Gasteiger partial charge in [0.15, 0.2) is 5.78 Å². The van der Waals surface area contributed by atoms with E-state index < -0.39 is 30.0 Å². The molecular formula is C27H36N2O7. The molecule has 0 unspecified atom stereocenters. The predicted molar refractivity (Wildman–Crippen MR) is 128 cm³/mol. The molecule has 0 aromatic heterocycles. The van der Waals surface area contributed by atoms with E-state index in [1.165, 1.54) is 12.5 Å². The van der Waals surface area contributed by atoms with Crippen LogP contribution in [-0.4, -0.2) is 51.7 Å². The highest BCUT2D eigenvalue weighted by Gasteiger charge is 2.65. The quantitative estimate of drug-likeness (QED) is 0.454. The fourth-order valence-corrected chi connectivity index (χ4v) is 8.19. The molecule has 9 heteroatoms. The Hall–Kier alpha value is -2.55. The molecule has 0 aromatic carbocycles. The van der Waals surface area contributed by atoms with Crippen molar-refractivity contribution < 1.29 is 34.0 Å². The third kappa shape index (κ3) is 3.73. The van der Waals surface area contributed by atoms with Gasteiger partial charge in [-0.25, -0.2) is 4.79 Å². The van der Waals surface area contributed by atoms with Gasteiger partial charge >= 0.3 is 5.97 Å². The number of carbonyl (C=O) groups is 4. The number of allylic oxidation sites excluding steroid dienone is 2. The molecule has 0 spiro atoms. The van der Waals surface area contributed by atoms with Gasteiger partial charge in [0.1, 0.15) is 5.60 Å². The summed E-state index contributed by atoms with van der Waals surface area (Å²) in [7, 11) is 0. The van der Waals surface area contributed by atoms with Crippen LogP contribution in [0.25, 0.3) is 0 Å². The molecule has 0 aromatic rings. The fourth-order valence-electron chi connectivity index (χ4n) is 8.19. The Kier molecular flexibility index (Phi) is 6.13. The molecule has 0 radical (unpaired) electrons. The average Bonchev–Trinajstić information content (AvgIpc) is 3.30. The minimum Gasteiger partial charge on any atom is -0.383 e. The zero-order valence-corrected chi connectivity index (χ0v) is 21.4. The highest BCUT2D eigenvalue weighted by molar-refractivity contribution is 6.01. The number of amides is 2. The lowest BCUT2D eigenvalue weighted by molar-refractivity contribution is -0.200. The number of fused-ring (bicyclic) bond motifs is 5. The van der Waals surface area contributed by atoms with Crippen LogP contribution >= 0.6 is 0 Å². The number of rotatable bonds is 5. The first-order valence-electron chi connectivity index (χ1n) is 13.2. The summed E-state index contributed by atoms with van der Waals surface area (Å²) in [5, 5.41) is 16.0. The SMILES string of the molecule is CC(=O)[C@@]1(O)CC[C@H]2[C@H]3CCC4=C/C(=N\OCC(=O)ON5C(=O)CCC5=O)CC[C@]4(C)[C@@H]3CC[C@@]21C. The van der Waals surface area contributed by atoms with E-state index in [0.29, 0.717) is 29.2 Å². The molecule has 196 valence electrons. The van der Waals surface area contributed by atoms with Crippen LogP contribution in [0.1, 0.15) is 85.0 Å². The second-order valence-corrected chi connectivity index (χ2v) is 11.8. The topological polar surface area (TPSA) is 123 Å². The first-order valence-corrected chi connectivity index (χ1v) is 13.2. The van der Waals surface area contributed by atoms with Crippen molar-refractivity contribution in [2.75, 3.05) is 6.61 Å². The maximum Gasteiger partial charge on any atom is 0.373 e. The van der Waals surface area contributed by atoms with E-state index in [1.54, 1.807) is 0 Å². The summed E-state index contributed by atoms with van der Waals surface area (Å²) in [5.41, 5.74) is 0.646. The second-order valence-electron chi connectivity index (χ2n) is 11.8. The van der Waals surface area contributed by atoms with Crippen LogP contribution in [0, 0.1) is 28.6 Å². The maximum atomic E-state index is 12.4. The summed E-state index contributed by atoms with van der Waals surface area (Å²) in [6, 6.07) is 0. The average molecular weight is 501 g/mol. The van der Waals surface area contributed by atoms with E-state index in [1.807, 2.05) is 0 Å². The lowest BCUT2D eigenvalue weighted by Crippen LogP contribution is -2.57. The highest BCUT2D eigenvalue weighted by Crippen LogP contribution is 2.67. The number of hydrogen-bond donors (Lipinski definition) is 1. The standard InChI is InChI=1S/C27H36N2O7/c1-16(30)27(34)13-10-21-19-5-4-17-14-18(8-11-25(17,2)20(19)9-12-26(21,27)3)28-35-15-24(33)36-29-22(31)6-7-23(29)32/h14,19-21,34H,4-13,15H2,1-3H3/b28-18-/t19-,20+,21-,25-,26-,27-/m0/s1. The number of ketones is 1. The van der Waals surface area contributed by atoms with Gasteiger partial charge in [0.25, 0.3) is 11.8 Å². The highest BCUT2D eigenvalue weighted by atomic mass is 16.7. The first-order chi connectivity index (χ1) is 17.0. The molecule has 36 heavy (non-hydrogen) atoms. The van der Waals surface area contributed by atoms with E-state index in [9.17, 15) is 24.3 Å². The van der Waals surface area contributed by atoms with Crippen LogP contribution in [0.5, 0.6) is 0 Å². The molecule has 6 atom stereocenters. The molecule has 5 aliphatic rings. The van der Waals surface area contributed by atoms with Crippen molar-refractivity contribution in [1.29, 1.82) is 0 Å². The third-order valence-corrected chi connectivity index (χ3v) is 10.3. The fraction of sp³-hybridized carbons (Fsp3) is 0.741. The molecule has 5 rings (SSSR count). The van der Waals surface area contributed by atoms with Crippen LogP contribution in [0.15, 0.2) is 16.8 Å². The summed E-state index contributed by atoms with van der Waals surface area (Å²) in [6.07, 6.45) is 9.19. The van der Waals surface area contributed by atoms with Crippen molar-refractivity contribution in [3.8, 4) is 0 Å². The molecule has 2 amide bonds. The normalized spacial score (nSPS) is 40.9. The second kappa shape index (κ2) is 8.78. The molecule has 1 aliphatic heterocycles. The number of oxime groups is 1. The minimum atomic E-state index is -1.19. The lowest BCUT2D eigenvalue weighted by atomic mass is 9.46. The summed E-state index contributed by atoms with van der Waals surface area (Å²) >= 11 is 0. The molecule has 4 aliphatic carbocycles. The van der Waals surface area contributed by atoms with Gasteiger partial charge in [0, 0.05) is 18.3 Å². The summed E-state index contributed by atoms with van der Waals surface area (Å²) in [4.78, 5) is 57.5. The van der Waals surface area contributed by atoms with Crippen molar-refractivity contribution in [3.63, 3.8) is 0 Å². The summed E-state index contributed by atoms with van der Waals surface area (Å²) in [6.45, 7) is 5.55. The van der Waals surface area contributed by atoms with E-state index in [0.717, 1.165) is 50.7 Å². The number of hydrogen-bond acceptors (Lipinski definition) is 8. The smallest absolute Gasteiger partial charge is 0.373 e. The van der Waals surface area contributed by atoms with Gasteiger partial charge in [-0.05, 0) is 87.5 Å². The Morgan fingerprint density at radius 3 is 2.42 bits per heavy atom. The third-order valence-electron chi connectivity index (χ3n) is 10.3. The summed E-state index contributed by atoms with van der Waals surface area (Å²) in [5.74, 6) is -0.616. The number of aliphatic hydroxyl groups is 1. The zero-order chi connectivity index (χ0) is 25.9. The first kappa shape index (κ1) is 25.1. The largest absolute Gasteiger partial charge is 0.383 e. The van der Waals surface area contributed by atoms with Gasteiger partial charge in [0.2, 0.25) is 6.61 Å². The molecule has 1 N–H and O–H groups in total. The molecule has 9 nitrogen and oxygen atoms in total. The molecule has 0 bridgehead atoms. The van der Waals surface area contributed by atoms with E-state index in [2.05, 4.69) is 25.1 Å². The van der Waals surface area contributed by atoms with Crippen molar-refractivity contribution in [1.82, 2.24) is 5.06 Å². The Bertz CT molecular complexity index is 1050. The van der Waals surface area contributed by atoms with Gasteiger partial charge < -0.3 is 14.8 Å². The van der Waals surface area contributed by atoms with E-state index in [4.69, 9.17) is 9.68 Å². The van der Waals surface area contributed by atoms with Gasteiger partial charge in [-0.15, -0.1) is 5.06 Å². The van der Waals surface area contributed by atoms with Gasteiger partial charge in [0.05, 0.1) is 5.71 Å². The molecule has 4 fully saturated rings. The van der Waals surface area contributed by atoms with Crippen LogP contribution in [0.3, 0.4) is 0 Å². The number of hydroxylamine groups is 2. The molecule has 1 saturated heterocycles. The Labute approximate surface area is 211 Å². The van der Waals surface area contributed by atoms with Crippen molar-refractivity contribution >= 4 is 29.3 Å². The van der Waals surface area contributed by atoms with Gasteiger partial charge in [-0.3, -0.25) is 14.4 Å². The zero-order valence-electron chi connectivity index (χ0n) is 21.4. The Morgan fingerprint density at radius 2 is 1.72 bits per heavy atom. The van der Waals surface area contributed by atoms with Crippen molar-refractivity contribution in [3.05, 3.63) is 11.6 Å². The molecule has 1 heterocycles. The predicted octanol–water partition coefficient (Wildman–Crippen LogP) is 3.25. The molecular weight excluding hydrogens is 464 g/mol. The van der Waals surface area contributed by atoms with Gasteiger partial charge in [-0.1, -0.05) is 24.6 Å².